The maximum Gasteiger partial charge on any atom is 0.0817 e. The molecule has 1 aliphatic carbocycles. The lowest BCUT2D eigenvalue weighted by Gasteiger charge is -2.22. The molecule has 1 heterocycles. The largest absolute Gasteiger partial charge is 0.399 e. The molecule has 3 rings (SSSR count). The summed E-state index contributed by atoms with van der Waals surface area (Å²) in [5.41, 5.74) is 8.82. The van der Waals surface area contributed by atoms with Crippen molar-refractivity contribution in [1.82, 2.24) is 9.78 Å². The number of anilines is 2. The van der Waals surface area contributed by atoms with Crippen LogP contribution in [0, 0.1) is 0 Å². The lowest BCUT2D eigenvalue weighted by Crippen LogP contribution is -2.18. The highest BCUT2D eigenvalue weighted by Crippen LogP contribution is 2.27. The number of nitrogen functional groups attached to an aromatic ring is 1. The Hall–Kier alpha value is -1.97. The highest BCUT2D eigenvalue weighted by atomic mass is 15.3. The molecule has 4 heteroatoms. The fourth-order valence-corrected chi connectivity index (χ4v) is 3.07. The van der Waals surface area contributed by atoms with Crippen LogP contribution in [0.15, 0.2) is 36.5 Å². The molecule has 0 aliphatic heterocycles. The maximum absolute atomic E-state index is 5.73. The van der Waals surface area contributed by atoms with Gasteiger partial charge in [0, 0.05) is 24.6 Å². The Labute approximate surface area is 126 Å². The van der Waals surface area contributed by atoms with E-state index in [-0.39, 0.29) is 0 Å². The zero-order chi connectivity index (χ0) is 14.7. The number of nitrogens with zero attached hydrogens (tertiary/aromatic N) is 3. The average Bonchev–Trinajstić information content (AvgIpc) is 2.97. The number of hydrogen-bond donors (Lipinski definition) is 1. The summed E-state index contributed by atoms with van der Waals surface area (Å²) in [5.74, 6) is 0. The lowest BCUT2D eigenvalue weighted by molar-refractivity contribution is 0.328. The van der Waals surface area contributed by atoms with Crippen LogP contribution < -0.4 is 10.6 Å². The molecule has 0 spiro atoms. The van der Waals surface area contributed by atoms with Gasteiger partial charge in [-0.05, 0) is 43.2 Å². The summed E-state index contributed by atoms with van der Waals surface area (Å²) in [6.45, 7) is 0.823. The fourth-order valence-electron chi connectivity index (χ4n) is 3.07. The second-order valence-corrected chi connectivity index (χ2v) is 6.03. The Morgan fingerprint density at radius 2 is 1.86 bits per heavy atom. The topological polar surface area (TPSA) is 47.1 Å². The second-order valence-electron chi connectivity index (χ2n) is 6.03. The Bertz CT molecular complexity index is 567. The number of hydrogen-bond acceptors (Lipinski definition) is 3. The molecule has 0 atom stereocenters. The van der Waals surface area contributed by atoms with Gasteiger partial charge < -0.3 is 10.6 Å². The standard InChI is InChI=1S/C17H24N4/c1-20(16-9-7-14(18)8-10-16)13-15-11-12-21(19-15)17-5-3-2-4-6-17/h7-12,17H,2-6,13,18H2,1H3. The van der Waals surface area contributed by atoms with E-state index in [1.165, 1.54) is 32.1 Å². The van der Waals surface area contributed by atoms with Crippen molar-refractivity contribution >= 4 is 11.4 Å². The molecule has 0 bridgehead atoms. The minimum atomic E-state index is 0.606. The van der Waals surface area contributed by atoms with Crippen molar-refractivity contribution in [3.63, 3.8) is 0 Å². The zero-order valence-electron chi connectivity index (χ0n) is 12.7. The van der Waals surface area contributed by atoms with Gasteiger partial charge in [0.05, 0.1) is 18.3 Å². The Kier molecular flexibility index (Phi) is 4.13. The molecule has 1 aromatic heterocycles. The van der Waals surface area contributed by atoms with Crippen LogP contribution >= 0.6 is 0 Å². The summed E-state index contributed by atoms with van der Waals surface area (Å²) in [6.07, 6.45) is 8.74. The van der Waals surface area contributed by atoms with Gasteiger partial charge in [-0.25, -0.2) is 0 Å². The first kappa shape index (κ1) is 14.0. The molecule has 1 aromatic carbocycles. The number of rotatable bonds is 4. The van der Waals surface area contributed by atoms with Gasteiger partial charge in [-0.2, -0.15) is 5.10 Å². The summed E-state index contributed by atoms with van der Waals surface area (Å²) < 4.78 is 2.17. The fraction of sp³-hybridized carbons (Fsp3) is 0.471. The van der Waals surface area contributed by atoms with Crippen LogP contribution in [0.25, 0.3) is 0 Å². The van der Waals surface area contributed by atoms with Gasteiger partial charge in [-0.15, -0.1) is 0 Å². The summed E-state index contributed by atoms with van der Waals surface area (Å²) in [6, 6.07) is 10.7. The van der Waals surface area contributed by atoms with Crippen molar-refractivity contribution in [3.8, 4) is 0 Å². The highest BCUT2D eigenvalue weighted by molar-refractivity contribution is 5.52. The van der Waals surface area contributed by atoms with Crippen molar-refractivity contribution in [3.05, 3.63) is 42.2 Å². The van der Waals surface area contributed by atoms with Crippen LogP contribution in [0.1, 0.15) is 43.8 Å². The van der Waals surface area contributed by atoms with Crippen molar-refractivity contribution < 1.29 is 0 Å². The molecule has 0 saturated heterocycles. The van der Waals surface area contributed by atoms with Crippen molar-refractivity contribution in [2.24, 2.45) is 0 Å². The monoisotopic (exact) mass is 284 g/mol. The number of aromatic nitrogens is 2. The van der Waals surface area contributed by atoms with Crippen LogP contribution in [0.4, 0.5) is 11.4 Å². The Morgan fingerprint density at radius 3 is 2.57 bits per heavy atom. The normalized spacial score (nSPS) is 16.0. The van der Waals surface area contributed by atoms with Crippen molar-refractivity contribution in [1.29, 1.82) is 0 Å². The van der Waals surface area contributed by atoms with Crippen molar-refractivity contribution in [2.45, 2.75) is 44.7 Å². The lowest BCUT2D eigenvalue weighted by atomic mass is 9.96. The predicted molar refractivity (Wildman–Crippen MR) is 87.3 cm³/mol. The molecular weight excluding hydrogens is 260 g/mol. The summed E-state index contributed by atoms with van der Waals surface area (Å²) >= 11 is 0. The first-order valence-corrected chi connectivity index (χ1v) is 7.83. The van der Waals surface area contributed by atoms with Crippen LogP contribution in [0.2, 0.25) is 0 Å². The predicted octanol–water partition coefficient (Wildman–Crippen LogP) is 3.61. The molecule has 0 unspecified atom stereocenters. The van der Waals surface area contributed by atoms with E-state index in [1.54, 1.807) is 0 Å². The molecule has 21 heavy (non-hydrogen) atoms. The maximum atomic E-state index is 5.73. The number of nitrogens with two attached hydrogens (primary N) is 1. The van der Waals surface area contributed by atoms with Gasteiger partial charge in [-0.1, -0.05) is 19.3 Å². The van der Waals surface area contributed by atoms with Crippen LogP contribution in [-0.2, 0) is 6.54 Å². The van der Waals surface area contributed by atoms with Crippen LogP contribution in [0.5, 0.6) is 0 Å². The van der Waals surface area contributed by atoms with E-state index < -0.39 is 0 Å². The van der Waals surface area contributed by atoms with Gasteiger partial charge in [-0.3, -0.25) is 4.68 Å². The quantitative estimate of drug-likeness (QED) is 0.872. The summed E-state index contributed by atoms with van der Waals surface area (Å²) in [5, 5.41) is 4.77. The van der Waals surface area contributed by atoms with Gasteiger partial charge in [0.25, 0.3) is 0 Å². The molecule has 1 aliphatic rings. The van der Waals surface area contributed by atoms with Gasteiger partial charge >= 0.3 is 0 Å². The smallest absolute Gasteiger partial charge is 0.0817 e. The van der Waals surface area contributed by atoms with Gasteiger partial charge in [0.2, 0.25) is 0 Å². The zero-order valence-corrected chi connectivity index (χ0v) is 12.7. The Balaban J connectivity index is 1.64. The molecule has 112 valence electrons. The molecule has 0 radical (unpaired) electrons. The summed E-state index contributed by atoms with van der Waals surface area (Å²) in [7, 11) is 2.09. The third-order valence-corrected chi connectivity index (χ3v) is 4.35. The minimum Gasteiger partial charge on any atom is -0.399 e. The van der Waals surface area contributed by atoms with E-state index in [1.807, 2.05) is 24.3 Å². The first-order chi connectivity index (χ1) is 10.2. The van der Waals surface area contributed by atoms with E-state index in [0.717, 1.165) is 23.6 Å². The van der Waals surface area contributed by atoms with Gasteiger partial charge in [0.1, 0.15) is 0 Å². The second kappa shape index (κ2) is 6.20. The first-order valence-electron chi connectivity index (χ1n) is 7.83. The highest BCUT2D eigenvalue weighted by Gasteiger charge is 2.16. The van der Waals surface area contributed by atoms with Crippen LogP contribution in [-0.4, -0.2) is 16.8 Å². The minimum absolute atomic E-state index is 0.606. The third kappa shape index (κ3) is 3.38. The molecular formula is C17H24N4. The molecule has 0 amide bonds. The molecule has 2 N–H and O–H groups in total. The van der Waals surface area contributed by atoms with E-state index >= 15 is 0 Å². The SMILES string of the molecule is CN(Cc1ccn(C2CCCCC2)n1)c1ccc(N)cc1. The van der Waals surface area contributed by atoms with E-state index in [9.17, 15) is 0 Å². The Morgan fingerprint density at radius 1 is 1.14 bits per heavy atom. The summed E-state index contributed by atoms with van der Waals surface area (Å²) in [4.78, 5) is 2.20. The molecule has 1 saturated carbocycles. The molecule has 1 fully saturated rings. The van der Waals surface area contributed by atoms with E-state index in [4.69, 9.17) is 10.8 Å². The van der Waals surface area contributed by atoms with Crippen molar-refractivity contribution in [2.75, 3.05) is 17.7 Å². The number of benzene rings is 1. The van der Waals surface area contributed by atoms with Gasteiger partial charge in [0.15, 0.2) is 0 Å². The average molecular weight is 284 g/mol. The van der Waals surface area contributed by atoms with E-state index in [0.29, 0.717) is 6.04 Å². The van der Waals surface area contributed by atoms with E-state index in [2.05, 4.69) is 28.9 Å². The molecule has 4 nitrogen and oxygen atoms in total. The third-order valence-electron chi connectivity index (χ3n) is 4.35. The molecule has 2 aromatic rings. The van der Waals surface area contributed by atoms with Crippen LogP contribution in [0.3, 0.4) is 0 Å².